The molecule has 0 atom stereocenters. The molecule has 0 radical (unpaired) electrons. The number of hydrogen-bond donors (Lipinski definition) is 1. The van der Waals surface area contributed by atoms with Crippen molar-refractivity contribution in [3.05, 3.63) is 34.4 Å². The van der Waals surface area contributed by atoms with Crippen molar-refractivity contribution < 1.29 is 20.6 Å². The molecule has 1 aliphatic rings. The van der Waals surface area contributed by atoms with Crippen LogP contribution in [0.15, 0.2) is 12.1 Å². The summed E-state index contributed by atoms with van der Waals surface area (Å²) in [7, 11) is 0. The first-order valence-corrected chi connectivity index (χ1v) is 13.3. The third-order valence-corrected chi connectivity index (χ3v) is 6.53. The Morgan fingerprint density at radius 3 is 2.03 bits per heavy atom. The van der Waals surface area contributed by atoms with Crippen molar-refractivity contribution in [3.8, 4) is 11.8 Å². The maximum Gasteiger partial charge on any atom is 0.287 e. The number of aryl methyl sites for hydroxylation is 2. The van der Waals surface area contributed by atoms with E-state index >= 15 is 0 Å². The van der Waals surface area contributed by atoms with Crippen LogP contribution >= 0.6 is 0 Å². The molecule has 5 heteroatoms. The van der Waals surface area contributed by atoms with E-state index in [4.69, 9.17) is 0 Å². The first-order valence-electron chi connectivity index (χ1n) is 13.3. The van der Waals surface area contributed by atoms with Crippen molar-refractivity contribution in [2.24, 2.45) is 5.41 Å². The minimum Gasteiger partial charge on any atom is -0.345 e. The molecule has 2 rings (SSSR count). The predicted molar refractivity (Wildman–Crippen MR) is 148 cm³/mol. The minimum absolute atomic E-state index is 0. The summed E-state index contributed by atoms with van der Waals surface area (Å²) in [5, 5.41) is 2.70. The lowest BCUT2D eigenvalue weighted by Gasteiger charge is -2.39. The molecular formula is C31H47NO4. The van der Waals surface area contributed by atoms with E-state index in [9.17, 15) is 19.2 Å². The van der Waals surface area contributed by atoms with Crippen molar-refractivity contribution in [2.75, 3.05) is 0 Å². The first-order chi connectivity index (χ1) is 16.8. The average molecular weight is 498 g/mol. The molecule has 5 nitrogen and oxygen atoms in total. The van der Waals surface area contributed by atoms with Crippen LogP contribution in [0.3, 0.4) is 0 Å². The molecule has 0 heterocycles. The van der Waals surface area contributed by atoms with Crippen molar-refractivity contribution in [2.45, 2.75) is 119 Å². The molecule has 1 saturated carbocycles. The van der Waals surface area contributed by atoms with Crippen LogP contribution < -0.4 is 5.32 Å². The fourth-order valence-electron chi connectivity index (χ4n) is 5.31. The third kappa shape index (κ3) is 8.43. The molecule has 36 heavy (non-hydrogen) atoms. The molecule has 0 aromatic heterocycles. The highest BCUT2D eigenvalue weighted by atomic mass is 16.2. The highest BCUT2D eigenvalue weighted by Gasteiger charge is 2.45. The van der Waals surface area contributed by atoms with Gasteiger partial charge in [-0.3, -0.25) is 19.2 Å². The summed E-state index contributed by atoms with van der Waals surface area (Å²) in [6.07, 6.45) is 3.46. The van der Waals surface area contributed by atoms with Gasteiger partial charge in [0.25, 0.3) is 5.91 Å². The molecule has 0 unspecified atom stereocenters. The standard InChI is InChI=1S/C29H39NO4.C2H6.H2/c1-8-11-21-15-19(3)25(20(4)16-21)26-23(32)17-29(13-9-2,18-24(26)33)14-10-12-22(31)27(34)30-28(5,6)7;1-2;/h15-16,26H,9-10,12-14,17-18H2,1-7H3,(H,30,34);1-2H3;1H. The van der Waals surface area contributed by atoms with Gasteiger partial charge in [0.2, 0.25) is 5.78 Å². The van der Waals surface area contributed by atoms with E-state index in [1.54, 1.807) is 6.92 Å². The van der Waals surface area contributed by atoms with Gasteiger partial charge in [-0.25, -0.2) is 0 Å². The minimum atomic E-state index is -0.729. The molecule has 1 fully saturated rings. The normalized spacial score (nSPS) is 19.5. The predicted octanol–water partition coefficient (Wildman–Crippen LogP) is 6.40. The van der Waals surface area contributed by atoms with Crippen molar-refractivity contribution in [1.29, 1.82) is 0 Å². The van der Waals surface area contributed by atoms with Crippen LogP contribution in [0.2, 0.25) is 0 Å². The fourth-order valence-corrected chi connectivity index (χ4v) is 5.31. The molecule has 200 valence electrons. The molecular weight excluding hydrogens is 450 g/mol. The molecule has 0 saturated heterocycles. The van der Waals surface area contributed by atoms with E-state index in [0.29, 0.717) is 25.7 Å². The largest absolute Gasteiger partial charge is 0.345 e. The van der Waals surface area contributed by atoms with Crippen molar-refractivity contribution >= 4 is 23.3 Å². The van der Waals surface area contributed by atoms with Gasteiger partial charge in [0.05, 0.1) is 0 Å². The summed E-state index contributed by atoms with van der Waals surface area (Å²) >= 11 is 0. The molecule has 1 N–H and O–H groups in total. The number of Topliss-reactive ketones (excluding diaryl/α,β-unsaturated/α-hetero) is 3. The Morgan fingerprint density at radius 1 is 1.06 bits per heavy atom. The van der Waals surface area contributed by atoms with Gasteiger partial charge in [-0.05, 0) is 95.0 Å². The Labute approximate surface area is 219 Å². The summed E-state index contributed by atoms with van der Waals surface area (Å²) < 4.78 is 0. The summed E-state index contributed by atoms with van der Waals surface area (Å²) in [4.78, 5) is 51.2. The van der Waals surface area contributed by atoms with Crippen LogP contribution in [-0.4, -0.2) is 28.8 Å². The second kappa shape index (κ2) is 13.5. The van der Waals surface area contributed by atoms with Crippen LogP contribution in [-0.2, 0) is 19.2 Å². The average Bonchev–Trinajstić information content (AvgIpc) is 2.75. The lowest BCUT2D eigenvalue weighted by atomic mass is 9.63. The Morgan fingerprint density at radius 2 is 1.58 bits per heavy atom. The van der Waals surface area contributed by atoms with Gasteiger partial charge in [0.1, 0.15) is 17.5 Å². The number of hydrogen-bond acceptors (Lipinski definition) is 4. The molecule has 0 bridgehead atoms. The SMILES string of the molecule is CC.CC#Cc1cc(C)c(C2C(=O)CC(CCC)(CCCC(=O)C(=O)NC(C)(C)C)CC2=O)c(C)c1.[HH]. The van der Waals surface area contributed by atoms with Gasteiger partial charge in [0, 0.05) is 31.8 Å². The molecule has 1 aromatic carbocycles. The summed E-state index contributed by atoms with van der Waals surface area (Å²) in [6.45, 7) is 17.2. The Hall–Kier alpha value is -2.74. The number of benzene rings is 1. The van der Waals surface area contributed by atoms with Gasteiger partial charge in [-0.15, -0.1) is 5.92 Å². The number of rotatable bonds is 8. The van der Waals surface area contributed by atoms with Gasteiger partial charge >= 0.3 is 0 Å². The van der Waals surface area contributed by atoms with Gasteiger partial charge in [0.15, 0.2) is 0 Å². The summed E-state index contributed by atoms with van der Waals surface area (Å²) in [5.74, 6) is 4.11. The smallest absolute Gasteiger partial charge is 0.287 e. The van der Waals surface area contributed by atoms with E-state index in [-0.39, 0.29) is 19.4 Å². The monoisotopic (exact) mass is 497 g/mol. The highest BCUT2D eigenvalue weighted by Crippen LogP contribution is 2.46. The van der Waals surface area contributed by atoms with E-state index < -0.39 is 28.6 Å². The second-order valence-electron chi connectivity index (χ2n) is 10.8. The van der Waals surface area contributed by atoms with Crippen LogP contribution in [0.1, 0.15) is 123 Å². The Kier molecular flexibility index (Phi) is 11.8. The van der Waals surface area contributed by atoms with Crippen LogP contribution in [0, 0.1) is 31.1 Å². The third-order valence-electron chi connectivity index (χ3n) is 6.53. The van der Waals surface area contributed by atoms with Gasteiger partial charge < -0.3 is 5.32 Å². The zero-order valence-electron chi connectivity index (χ0n) is 23.8. The van der Waals surface area contributed by atoms with E-state index in [1.165, 1.54) is 0 Å². The summed E-state index contributed by atoms with van der Waals surface area (Å²) in [6, 6.07) is 3.89. The first kappa shape index (κ1) is 31.3. The van der Waals surface area contributed by atoms with E-state index in [1.807, 2.05) is 67.5 Å². The Bertz CT molecular complexity index is 999. The maximum absolute atomic E-state index is 13.4. The van der Waals surface area contributed by atoms with Crippen LogP contribution in [0.25, 0.3) is 0 Å². The van der Waals surface area contributed by atoms with E-state index in [2.05, 4.69) is 17.2 Å². The fraction of sp³-hybridized carbons (Fsp3) is 0.613. The zero-order chi connectivity index (χ0) is 27.7. The zero-order valence-corrected chi connectivity index (χ0v) is 23.8. The van der Waals surface area contributed by atoms with Crippen LogP contribution in [0.4, 0.5) is 0 Å². The van der Waals surface area contributed by atoms with Crippen molar-refractivity contribution in [1.82, 2.24) is 5.32 Å². The number of nitrogens with one attached hydrogen (secondary N) is 1. The quantitative estimate of drug-likeness (QED) is 0.256. The lowest BCUT2D eigenvalue weighted by Crippen LogP contribution is -2.44. The number of ketones is 3. The Balaban J connectivity index is 0.00000421. The maximum atomic E-state index is 13.4. The van der Waals surface area contributed by atoms with Crippen molar-refractivity contribution in [3.63, 3.8) is 0 Å². The van der Waals surface area contributed by atoms with Gasteiger partial charge in [-0.1, -0.05) is 33.1 Å². The molecule has 1 amide bonds. The number of carbonyl (C=O) groups is 4. The number of carbonyl (C=O) groups excluding carboxylic acids is 4. The molecule has 1 aromatic rings. The lowest BCUT2D eigenvalue weighted by molar-refractivity contribution is -0.139. The van der Waals surface area contributed by atoms with E-state index in [0.717, 1.165) is 35.1 Å². The number of amides is 1. The molecule has 0 spiro atoms. The summed E-state index contributed by atoms with van der Waals surface area (Å²) in [5.41, 5.74) is 2.64. The molecule has 1 aliphatic carbocycles. The van der Waals surface area contributed by atoms with Gasteiger partial charge in [-0.2, -0.15) is 0 Å². The molecule has 0 aliphatic heterocycles. The highest BCUT2D eigenvalue weighted by molar-refractivity contribution is 6.36. The topological polar surface area (TPSA) is 80.3 Å². The second-order valence-corrected chi connectivity index (χ2v) is 10.8. The van der Waals surface area contributed by atoms with Crippen LogP contribution in [0.5, 0.6) is 0 Å².